The molecule has 4 rings (SSSR count). The van der Waals surface area contributed by atoms with E-state index in [1.54, 1.807) is 11.2 Å². The van der Waals surface area contributed by atoms with Crippen LogP contribution in [0.1, 0.15) is 35.8 Å². The standard InChI is InChI=1S/C23H31N3O2S2/c1-4-30(27,28)26-11-8-22(9-12-26)25-10-7-19-13-18(5-6-20(19)15-25)21-14-23(29-17-21)16-24(2)3/h5-7,10,13-14,17,22H,4,8-9,11-12,15-16H2,1-3H3. The fourth-order valence-electron chi connectivity index (χ4n) is 4.31. The van der Waals surface area contributed by atoms with Crippen molar-refractivity contribution in [3.63, 3.8) is 0 Å². The average molecular weight is 446 g/mol. The summed E-state index contributed by atoms with van der Waals surface area (Å²) >= 11 is 1.82. The topological polar surface area (TPSA) is 43.9 Å². The molecular weight excluding hydrogens is 414 g/mol. The highest BCUT2D eigenvalue weighted by Gasteiger charge is 2.29. The Morgan fingerprint density at radius 1 is 1.13 bits per heavy atom. The molecule has 0 saturated carbocycles. The first kappa shape index (κ1) is 21.6. The third kappa shape index (κ3) is 4.64. The highest BCUT2D eigenvalue weighted by molar-refractivity contribution is 7.89. The van der Waals surface area contributed by atoms with E-state index in [1.807, 2.05) is 11.3 Å². The lowest BCUT2D eigenvalue weighted by Crippen LogP contribution is -2.45. The molecular formula is C23H31N3O2S2. The Morgan fingerprint density at radius 2 is 1.90 bits per heavy atom. The number of fused-ring (bicyclic) bond motifs is 1. The third-order valence-corrected chi connectivity index (χ3v) is 8.86. The molecule has 0 unspecified atom stereocenters. The molecule has 1 aromatic carbocycles. The SMILES string of the molecule is CCS(=O)(=O)N1CCC(N2C=Cc3cc(-c4csc(CN(C)C)c4)ccc3C2)CC1. The number of hydrogen-bond donors (Lipinski definition) is 0. The normalized spacial score (nSPS) is 18.2. The van der Waals surface area contributed by atoms with Crippen LogP contribution in [-0.4, -0.2) is 61.5 Å². The van der Waals surface area contributed by atoms with E-state index >= 15 is 0 Å². The molecule has 0 amide bonds. The summed E-state index contributed by atoms with van der Waals surface area (Å²) in [7, 11) is 1.13. The Hall–Kier alpha value is -1.67. The molecule has 2 aliphatic rings. The summed E-state index contributed by atoms with van der Waals surface area (Å²) in [5.41, 5.74) is 5.19. The smallest absolute Gasteiger partial charge is 0.213 e. The van der Waals surface area contributed by atoms with E-state index < -0.39 is 10.0 Å². The predicted octanol–water partition coefficient (Wildman–Crippen LogP) is 4.08. The molecule has 0 radical (unpaired) electrons. The Balaban J connectivity index is 1.42. The molecule has 3 heterocycles. The quantitative estimate of drug-likeness (QED) is 0.672. The van der Waals surface area contributed by atoms with Gasteiger partial charge in [-0.3, -0.25) is 0 Å². The van der Waals surface area contributed by atoms with E-state index in [9.17, 15) is 8.42 Å². The minimum atomic E-state index is -3.07. The molecule has 0 N–H and O–H groups in total. The fourth-order valence-corrected chi connectivity index (χ4v) is 6.45. The first-order valence-electron chi connectivity index (χ1n) is 10.6. The van der Waals surface area contributed by atoms with Gasteiger partial charge in [-0.1, -0.05) is 12.1 Å². The van der Waals surface area contributed by atoms with Gasteiger partial charge in [-0.2, -0.15) is 0 Å². The summed E-state index contributed by atoms with van der Waals surface area (Å²) in [6.07, 6.45) is 6.19. The highest BCUT2D eigenvalue weighted by atomic mass is 32.2. The summed E-state index contributed by atoms with van der Waals surface area (Å²) in [6, 6.07) is 9.47. The number of hydrogen-bond acceptors (Lipinski definition) is 5. The second-order valence-corrected chi connectivity index (χ2v) is 11.7. The molecule has 30 heavy (non-hydrogen) atoms. The van der Waals surface area contributed by atoms with E-state index in [0.29, 0.717) is 19.1 Å². The molecule has 5 nitrogen and oxygen atoms in total. The Bertz CT molecular complexity index is 1020. The minimum Gasteiger partial charge on any atom is -0.370 e. The van der Waals surface area contributed by atoms with Gasteiger partial charge in [0.05, 0.1) is 5.75 Å². The molecule has 0 aliphatic carbocycles. The van der Waals surface area contributed by atoms with Crippen LogP contribution < -0.4 is 0 Å². The van der Waals surface area contributed by atoms with E-state index in [2.05, 4.69) is 65.8 Å². The van der Waals surface area contributed by atoms with Crippen molar-refractivity contribution < 1.29 is 8.42 Å². The summed E-state index contributed by atoms with van der Waals surface area (Å²) in [6.45, 7) is 4.85. The fraction of sp³-hybridized carbons (Fsp3) is 0.478. The number of rotatable bonds is 6. The Morgan fingerprint density at radius 3 is 2.60 bits per heavy atom. The van der Waals surface area contributed by atoms with Gasteiger partial charge in [-0.05, 0) is 79.7 Å². The van der Waals surface area contributed by atoms with Gasteiger partial charge in [0.15, 0.2) is 0 Å². The van der Waals surface area contributed by atoms with Crippen molar-refractivity contribution >= 4 is 27.4 Å². The number of nitrogens with zero attached hydrogens (tertiary/aromatic N) is 3. The van der Waals surface area contributed by atoms with Crippen LogP contribution in [0.5, 0.6) is 0 Å². The van der Waals surface area contributed by atoms with Gasteiger partial charge >= 0.3 is 0 Å². The van der Waals surface area contributed by atoms with E-state index in [-0.39, 0.29) is 5.75 Å². The van der Waals surface area contributed by atoms with Crippen molar-refractivity contribution in [3.05, 3.63) is 51.8 Å². The van der Waals surface area contributed by atoms with Crippen molar-refractivity contribution in [2.45, 2.75) is 38.9 Å². The van der Waals surface area contributed by atoms with Gasteiger partial charge in [-0.25, -0.2) is 12.7 Å². The molecule has 0 spiro atoms. The van der Waals surface area contributed by atoms with E-state index in [1.165, 1.54) is 27.1 Å². The van der Waals surface area contributed by atoms with Crippen LogP contribution in [0.15, 0.2) is 35.8 Å². The van der Waals surface area contributed by atoms with Crippen LogP contribution in [0.2, 0.25) is 0 Å². The van der Waals surface area contributed by atoms with Crippen molar-refractivity contribution in [1.82, 2.24) is 14.1 Å². The van der Waals surface area contributed by atoms with Gasteiger partial charge in [-0.15, -0.1) is 11.3 Å². The van der Waals surface area contributed by atoms with Gasteiger partial charge in [0.25, 0.3) is 0 Å². The molecule has 0 bridgehead atoms. The average Bonchev–Trinajstić information content (AvgIpc) is 3.21. The maximum atomic E-state index is 12.1. The third-order valence-electron chi connectivity index (χ3n) is 6.05. The number of benzene rings is 1. The first-order valence-corrected chi connectivity index (χ1v) is 13.1. The summed E-state index contributed by atoms with van der Waals surface area (Å²) in [5.74, 6) is 0.192. The lowest BCUT2D eigenvalue weighted by Gasteiger charge is -2.39. The maximum absolute atomic E-state index is 12.1. The summed E-state index contributed by atoms with van der Waals surface area (Å²) in [4.78, 5) is 5.96. The van der Waals surface area contributed by atoms with Gasteiger partial charge in [0.2, 0.25) is 10.0 Å². The molecule has 1 aromatic heterocycles. The largest absolute Gasteiger partial charge is 0.370 e. The lowest BCUT2D eigenvalue weighted by molar-refractivity contribution is 0.183. The molecule has 1 fully saturated rings. The monoisotopic (exact) mass is 445 g/mol. The molecule has 7 heteroatoms. The van der Waals surface area contributed by atoms with Gasteiger partial charge in [0.1, 0.15) is 0 Å². The zero-order valence-corrected chi connectivity index (χ0v) is 19.7. The zero-order chi connectivity index (χ0) is 21.3. The van der Waals surface area contributed by atoms with Crippen LogP contribution in [0.3, 0.4) is 0 Å². The second kappa shape index (κ2) is 8.83. The van der Waals surface area contributed by atoms with E-state index in [0.717, 1.165) is 25.9 Å². The number of piperidine rings is 1. The van der Waals surface area contributed by atoms with Crippen LogP contribution in [-0.2, 0) is 23.1 Å². The van der Waals surface area contributed by atoms with E-state index in [4.69, 9.17) is 0 Å². The summed E-state index contributed by atoms with van der Waals surface area (Å²) in [5, 5.41) is 2.25. The van der Waals surface area contributed by atoms with Crippen LogP contribution in [0, 0.1) is 0 Å². The predicted molar refractivity (Wildman–Crippen MR) is 126 cm³/mol. The Kier molecular flexibility index (Phi) is 6.34. The van der Waals surface area contributed by atoms with Crippen molar-refractivity contribution in [1.29, 1.82) is 0 Å². The molecule has 2 aliphatic heterocycles. The van der Waals surface area contributed by atoms with Crippen molar-refractivity contribution in [2.75, 3.05) is 32.9 Å². The number of sulfonamides is 1. The van der Waals surface area contributed by atoms with Gasteiger partial charge < -0.3 is 9.80 Å². The molecule has 1 saturated heterocycles. The minimum absolute atomic E-state index is 0.192. The van der Waals surface area contributed by atoms with Crippen LogP contribution in [0.25, 0.3) is 17.2 Å². The van der Waals surface area contributed by atoms with Crippen molar-refractivity contribution in [2.24, 2.45) is 0 Å². The lowest BCUT2D eigenvalue weighted by atomic mass is 9.96. The zero-order valence-electron chi connectivity index (χ0n) is 18.0. The molecule has 162 valence electrons. The Labute approximate surface area is 184 Å². The summed E-state index contributed by atoms with van der Waals surface area (Å²) < 4.78 is 25.9. The maximum Gasteiger partial charge on any atom is 0.213 e. The van der Waals surface area contributed by atoms with Crippen LogP contribution in [0.4, 0.5) is 0 Å². The van der Waals surface area contributed by atoms with Crippen LogP contribution >= 0.6 is 11.3 Å². The molecule has 2 aromatic rings. The van der Waals surface area contributed by atoms with Crippen molar-refractivity contribution in [3.8, 4) is 11.1 Å². The number of thiophene rings is 1. The van der Waals surface area contributed by atoms with Gasteiger partial charge in [0, 0.05) is 43.3 Å². The first-order chi connectivity index (χ1) is 14.4. The molecule has 0 atom stereocenters. The highest BCUT2D eigenvalue weighted by Crippen LogP contribution is 2.32. The second-order valence-electron chi connectivity index (χ2n) is 8.47.